The molecule has 0 spiro atoms. The van der Waals surface area contributed by atoms with E-state index < -0.39 is 23.7 Å². The lowest BCUT2D eigenvalue weighted by molar-refractivity contribution is -0.139. The Morgan fingerprint density at radius 2 is 2.05 bits per heavy atom. The van der Waals surface area contributed by atoms with Gasteiger partial charge in [0.15, 0.2) is 0 Å². The van der Waals surface area contributed by atoms with Crippen molar-refractivity contribution in [1.29, 1.82) is 0 Å². The van der Waals surface area contributed by atoms with Crippen LogP contribution in [0.1, 0.15) is 27.2 Å². The number of halogens is 2. The minimum Gasteiger partial charge on any atom is -0.480 e. The number of alkyl carbamates (subject to hydrolysis) is 1. The number of carbonyl (C=O) groups excluding carboxylic acids is 1. The van der Waals surface area contributed by atoms with Crippen LogP contribution in [0.2, 0.25) is 0 Å². The molecule has 0 radical (unpaired) electrons. The van der Waals surface area contributed by atoms with E-state index in [2.05, 4.69) is 5.32 Å². The van der Waals surface area contributed by atoms with Crippen LogP contribution in [0.4, 0.5) is 4.79 Å². The van der Waals surface area contributed by atoms with E-state index in [1.54, 1.807) is 20.8 Å². The maximum atomic E-state index is 11.5. The quantitative estimate of drug-likeness (QED) is 0.692. The number of carboxylic acid groups (broad SMARTS) is 1. The molecule has 0 aromatic rings. The Morgan fingerprint density at radius 3 is 2.50 bits per heavy atom. The third kappa shape index (κ3) is 10.2. The second kappa shape index (κ2) is 9.37. The van der Waals surface area contributed by atoms with Crippen LogP contribution < -0.4 is 5.32 Å². The van der Waals surface area contributed by atoms with Crippen LogP contribution in [-0.4, -0.2) is 40.3 Å². The highest BCUT2D eigenvalue weighted by Crippen LogP contribution is 2.14. The summed E-state index contributed by atoms with van der Waals surface area (Å²) in [5.74, 6) is -0.0761. The molecule has 0 aliphatic rings. The molecule has 0 aromatic heterocycles. The molecule has 0 fully saturated rings. The summed E-state index contributed by atoms with van der Waals surface area (Å²) in [7, 11) is 0. The van der Waals surface area contributed by atoms with Crippen LogP contribution >= 0.6 is 35.0 Å². The van der Waals surface area contributed by atoms with Gasteiger partial charge in [0.2, 0.25) is 0 Å². The SMILES string of the molecule is CC(C)(C)OC(=O)NC(CCSCC(Cl)=CCl)C(=O)O. The van der Waals surface area contributed by atoms with Crippen LogP contribution in [0.15, 0.2) is 10.6 Å². The molecule has 1 unspecified atom stereocenters. The van der Waals surface area contributed by atoms with Gasteiger partial charge < -0.3 is 15.2 Å². The van der Waals surface area contributed by atoms with Gasteiger partial charge in [-0.3, -0.25) is 0 Å². The first-order valence-electron chi connectivity index (χ1n) is 5.90. The maximum Gasteiger partial charge on any atom is 0.408 e. The molecule has 0 saturated carbocycles. The number of aliphatic carboxylic acids is 1. The first-order chi connectivity index (χ1) is 9.15. The van der Waals surface area contributed by atoms with E-state index in [0.29, 0.717) is 16.5 Å². The summed E-state index contributed by atoms with van der Waals surface area (Å²) in [5.41, 5.74) is 0.600. The molecule has 1 amide bonds. The highest BCUT2D eigenvalue weighted by molar-refractivity contribution is 7.99. The third-order valence-electron chi connectivity index (χ3n) is 1.90. The zero-order chi connectivity index (χ0) is 15.8. The lowest BCUT2D eigenvalue weighted by Gasteiger charge is -2.21. The highest BCUT2D eigenvalue weighted by Gasteiger charge is 2.23. The summed E-state index contributed by atoms with van der Waals surface area (Å²) in [6.07, 6.45) is -0.473. The number of hydrogen-bond donors (Lipinski definition) is 2. The van der Waals surface area contributed by atoms with Crippen molar-refractivity contribution in [2.45, 2.75) is 38.8 Å². The molecule has 2 N–H and O–H groups in total. The van der Waals surface area contributed by atoms with E-state index in [1.807, 2.05) is 0 Å². The number of thioether (sulfide) groups is 1. The van der Waals surface area contributed by atoms with E-state index in [9.17, 15) is 9.59 Å². The normalized spacial score (nSPS) is 13.8. The second-order valence-electron chi connectivity index (χ2n) is 4.93. The van der Waals surface area contributed by atoms with Crippen LogP contribution in [0.25, 0.3) is 0 Å². The molecule has 5 nitrogen and oxygen atoms in total. The molecule has 116 valence electrons. The van der Waals surface area contributed by atoms with E-state index in [4.69, 9.17) is 33.0 Å². The van der Waals surface area contributed by atoms with E-state index in [-0.39, 0.29) is 6.42 Å². The Morgan fingerprint density at radius 1 is 1.45 bits per heavy atom. The molecule has 0 bridgehead atoms. The first-order valence-corrected chi connectivity index (χ1v) is 7.87. The van der Waals surface area contributed by atoms with Crippen molar-refractivity contribution < 1.29 is 19.4 Å². The average molecular weight is 344 g/mol. The van der Waals surface area contributed by atoms with Crippen LogP contribution in [0.3, 0.4) is 0 Å². The number of carboxylic acids is 1. The zero-order valence-corrected chi connectivity index (χ0v) is 13.9. The monoisotopic (exact) mass is 343 g/mol. The van der Waals surface area contributed by atoms with Gasteiger partial charge in [-0.25, -0.2) is 9.59 Å². The molecular formula is C12H19Cl2NO4S. The largest absolute Gasteiger partial charge is 0.480 e. The fraction of sp³-hybridized carbons (Fsp3) is 0.667. The van der Waals surface area contributed by atoms with Gasteiger partial charge in [0.25, 0.3) is 0 Å². The number of carbonyl (C=O) groups is 2. The van der Waals surface area contributed by atoms with E-state index in [0.717, 1.165) is 0 Å². The molecule has 1 atom stereocenters. The molecule has 20 heavy (non-hydrogen) atoms. The van der Waals surface area contributed by atoms with Crippen LogP contribution in [-0.2, 0) is 9.53 Å². The Bertz CT molecular complexity index is 369. The summed E-state index contributed by atoms with van der Waals surface area (Å²) in [4.78, 5) is 22.6. The number of rotatable bonds is 7. The van der Waals surface area contributed by atoms with Gasteiger partial charge in [0.05, 0.1) is 0 Å². The van der Waals surface area contributed by atoms with Crippen molar-refractivity contribution in [3.63, 3.8) is 0 Å². The summed E-state index contributed by atoms with van der Waals surface area (Å²) in [5, 5.41) is 11.9. The van der Waals surface area contributed by atoms with Gasteiger partial charge in [-0.2, -0.15) is 11.8 Å². The number of ether oxygens (including phenoxy) is 1. The van der Waals surface area contributed by atoms with Crippen molar-refractivity contribution in [3.05, 3.63) is 10.6 Å². The Balaban J connectivity index is 4.18. The summed E-state index contributed by atoms with van der Waals surface area (Å²) in [6.45, 7) is 5.12. The first kappa shape index (κ1) is 19.4. The Kier molecular flexibility index (Phi) is 9.09. The molecule has 0 saturated heterocycles. The third-order valence-corrected chi connectivity index (χ3v) is 3.71. The van der Waals surface area contributed by atoms with Crippen molar-refractivity contribution in [1.82, 2.24) is 5.32 Å². The van der Waals surface area contributed by atoms with Gasteiger partial charge in [-0.1, -0.05) is 23.2 Å². The summed E-state index contributed by atoms with van der Waals surface area (Å²) < 4.78 is 5.01. The molecule has 0 aliphatic carbocycles. The lowest BCUT2D eigenvalue weighted by atomic mass is 10.2. The topological polar surface area (TPSA) is 75.6 Å². The molecule has 0 aliphatic heterocycles. The minimum absolute atomic E-state index is 0.270. The predicted octanol–water partition coefficient (Wildman–Crippen LogP) is 3.41. The molecule has 0 heterocycles. The van der Waals surface area contributed by atoms with Gasteiger partial charge in [0, 0.05) is 16.3 Å². The molecule has 0 aromatic carbocycles. The minimum atomic E-state index is -1.10. The Hall–Kier alpha value is -0.590. The van der Waals surface area contributed by atoms with Crippen molar-refractivity contribution in [2.75, 3.05) is 11.5 Å². The molecular weight excluding hydrogens is 325 g/mol. The predicted molar refractivity (Wildman–Crippen MR) is 82.5 cm³/mol. The second-order valence-corrected chi connectivity index (χ2v) is 6.74. The van der Waals surface area contributed by atoms with Crippen LogP contribution in [0.5, 0.6) is 0 Å². The lowest BCUT2D eigenvalue weighted by Crippen LogP contribution is -2.43. The van der Waals surface area contributed by atoms with E-state index >= 15 is 0 Å². The number of amides is 1. The van der Waals surface area contributed by atoms with Gasteiger partial charge in [-0.15, -0.1) is 0 Å². The molecule has 8 heteroatoms. The highest BCUT2D eigenvalue weighted by atomic mass is 35.5. The van der Waals surface area contributed by atoms with Crippen LogP contribution in [0, 0.1) is 0 Å². The summed E-state index contributed by atoms with van der Waals surface area (Å²) >= 11 is 12.5. The smallest absolute Gasteiger partial charge is 0.408 e. The number of nitrogens with one attached hydrogen (secondary N) is 1. The van der Waals surface area contributed by atoms with Crippen molar-refractivity contribution >= 4 is 47.0 Å². The standard InChI is InChI=1S/C12H19Cl2NO4S/c1-12(2,3)19-11(18)15-9(10(16)17)4-5-20-7-8(14)6-13/h6,9H,4-5,7H2,1-3H3,(H,15,18)(H,16,17). The van der Waals surface area contributed by atoms with Gasteiger partial charge in [0.1, 0.15) is 11.6 Å². The fourth-order valence-corrected chi connectivity index (χ4v) is 2.33. The summed E-state index contributed by atoms with van der Waals surface area (Å²) in [6, 6.07) is -0.990. The van der Waals surface area contributed by atoms with Gasteiger partial charge in [-0.05, 0) is 32.9 Å². The van der Waals surface area contributed by atoms with Crippen molar-refractivity contribution in [3.8, 4) is 0 Å². The molecule has 0 rings (SSSR count). The van der Waals surface area contributed by atoms with Gasteiger partial charge >= 0.3 is 12.1 Å². The Labute approximate surface area is 133 Å². The van der Waals surface area contributed by atoms with Crippen molar-refractivity contribution in [2.24, 2.45) is 0 Å². The van der Waals surface area contributed by atoms with E-state index in [1.165, 1.54) is 17.3 Å². The number of hydrogen-bond acceptors (Lipinski definition) is 4. The fourth-order valence-electron chi connectivity index (χ4n) is 1.11. The zero-order valence-electron chi connectivity index (χ0n) is 11.6. The average Bonchev–Trinajstić information content (AvgIpc) is 2.29. The maximum absolute atomic E-state index is 11.5.